The average molecular weight is 227 g/mol. The molecule has 0 spiro atoms. The van der Waals surface area contributed by atoms with E-state index in [0.717, 1.165) is 39.0 Å². The van der Waals surface area contributed by atoms with Crippen LogP contribution in [-0.4, -0.2) is 48.3 Å². The second kappa shape index (κ2) is 5.64. The summed E-state index contributed by atoms with van der Waals surface area (Å²) in [5.41, 5.74) is 0. The molecule has 0 saturated carbocycles. The lowest BCUT2D eigenvalue weighted by molar-refractivity contribution is -0.144. The van der Waals surface area contributed by atoms with Crippen LogP contribution in [0.25, 0.3) is 0 Å². The van der Waals surface area contributed by atoms with Crippen LogP contribution in [0.15, 0.2) is 0 Å². The molecule has 2 atom stereocenters. The molecule has 0 aromatic carbocycles. The summed E-state index contributed by atoms with van der Waals surface area (Å²) in [6, 6.07) is 0. The number of carboxylic acid groups (broad SMARTS) is 1. The van der Waals surface area contributed by atoms with Crippen LogP contribution in [0.1, 0.15) is 32.1 Å². The number of rotatable bonds is 3. The Morgan fingerprint density at radius 1 is 1.31 bits per heavy atom. The maximum absolute atomic E-state index is 10.9. The summed E-state index contributed by atoms with van der Waals surface area (Å²) in [6.45, 7) is 3.53. The minimum Gasteiger partial charge on any atom is -0.481 e. The molecule has 2 fully saturated rings. The SMILES string of the molecule is O=C(O)C1CCCN(CC2CCCCO2)C1. The summed E-state index contributed by atoms with van der Waals surface area (Å²) in [5.74, 6) is -0.813. The predicted octanol–water partition coefficient (Wildman–Crippen LogP) is 1.35. The highest BCUT2D eigenvalue weighted by molar-refractivity contribution is 5.70. The van der Waals surface area contributed by atoms with Crippen molar-refractivity contribution in [1.29, 1.82) is 0 Å². The number of aliphatic carboxylic acids is 1. The molecule has 2 rings (SSSR count). The molecular weight excluding hydrogens is 206 g/mol. The summed E-state index contributed by atoms with van der Waals surface area (Å²) in [7, 11) is 0. The van der Waals surface area contributed by atoms with Gasteiger partial charge in [-0.15, -0.1) is 0 Å². The first-order valence-electron chi connectivity index (χ1n) is 6.32. The lowest BCUT2D eigenvalue weighted by Crippen LogP contribution is -2.43. The van der Waals surface area contributed by atoms with Gasteiger partial charge in [-0.1, -0.05) is 0 Å². The van der Waals surface area contributed by atoms with E-state index in [1.807, 2.05) is 0 Å². The Labute approximate surface area is 96.6 Å². The number of likely N-dealkylation sites (tertiary alicyclic amines) is 1. The van der Waals surface area contributed by atoms with Gasteiger partial charge in [0.05, 0.1) is 12.0 Å². The van der Waals surface area contributed by atoms with Crippen molar-refractivity contribution in [2.75, 3.05) is 26.2 Å². The molecule has 0 aliphatic carbocycles. The number of piperidine rings is 1. The van der Waals surface area contributed by atoms with E-state index < -0.39 is 5.97 Å². The molecule has 4 nitrogen and oxygen atoms in total. The zero-order valence-corrected chi connectivity index (χ0v) is 9.73. The van der Waals surface area contributed by atoms with E-state index in [9.17, 15) is 4.79 Å². The van der Waals surface area contributed by atoms with Gasteiger partial charge in [0.25, 0.3) is 0 Å². The molecule has 0 aromatic rings. The van der Waals surface area contributed by atoms with Gasteiger partial charge in [0.15, 0.2) is 0 Å². The fourth-order valence-corrected chi connectivity index (χ4v) is 2.66. The van der Waals surface area contributed by atoms with Crippen LogP contribution in [0.2, 0.25) is 0 Å². The maximum atomic E-state index is 10.9. The zero-order chi connectivity index (χ0) is 11.4. The number of ether oxygens (including phenoxy) is 1. The van der Waals surface area contributed by atoms with Crippen molar-refractivity contribution in [2.24, 2.45) is 5.92 Å². The van der Waals surface area contributed by atoms with Gasteiger partial charge < -0.3 is 9.84 Å². The minimum atomic E-state index is -0.644. The molecule has 2 heterocycles. The van der Waals surface area contributed by atoms with Gasteiger partial charge in [0.2, 0.25) is 0 Å². The Hall–Kier alpha value is -0.610. The number of hydrogen-bond acceptors (Lipinski definition) is 3. The van der Waals surface area contributed by atoms with Crippen molar-refractivity contribution in [1.82, 2.24) is 4.90 Å². The largest absolute Gasteiger partial charge is 0.481 e. The third kappa shape index (κ3) is 3.19. The fraction of sp³-hybridized carbons (Fsp3) is 0.917. The Balaban J connectivity index is 1.78. The Kier molecular flexibility index (Phi) is 4.18. The highest BCUT2D eigenvalue weighted by Crippen LogP contribution is 2.19. The highest BCUT2D eigenvalue weighted by atomic mass is 16.5. The van der Waals surface area contributed by atoms with E-state index in [1.165, 1.54) is 12.8 Å². The third-order valence-corrected chi connectivity index (χ3v) is 3.59. The van der Waals surface area contributed by atoms with E-state index in [4.69, 9.17) is 9.84 Å². The highest BCUT2D eigenvalue weighted by Gasteiger charge is 2.27. The van der Waals surface area contributed by atoms with Crippen LogP contribution >= 0.6 is 0 Å². The van der Waals surface area contributed by atoms with Crippen LogP contribution in [0.3, 0.4) is 0 Å². The van der Waals surface area contributed by atoms with Gasteiger partial charge in [-0.25, -0.2) is 0 Å². The number of nitrogens with zero attached hydrogens (tertiary/aromatic N) is 1. The first-order valence-corrected chi connectivity index (χ1v) is 6.32. The molecular formula is C12H21NO3. The molecule has 0 bridgehead atoms. The second-order valence-electron chi connectivity index (χ2n) is 4.93. The van der Waals surface area contributed by atoms with Gasteiger partial charge >= 0.3 is 5.97 Å². The minimum absolute atomic E-state index is 0.169. The zero-order valence-electron chi connectivity index (χ0n) is 9.73. The summed E-state index contributed by atoms with van der Waals surface area (Å²) in [5, 5.41) is 9.00. The molecule has 2 aliphatic heterocycles. The summed E-state index contributed by atoms with van der Waals surface area (Å²) in [6.07, 6.45) is 5.73. The van der Waals surface area contributed by atoms with Crippen molar-refractivity contribution in [3.63, 3.8) is 0 Å². The Bertz CT molecular complexity index is 238. The standard InChI is InChI=1S/C12H21NO3/c14-12(15)10-4-3-6-13(8-10)9-11-5-1-2-7-16-11/h10-11H,1-9H2,(H,14,15). The summed E-state index contributed by atoms with van der Waals surface area (Å²) in [4.78, 5) is 13.2. The van der Waals surface area contributed by atoms with E-state index >= 15 is 0 Å². The number of hydrogen-bond donors (Lipinski definition) is 1. The molecule has 2 unspecified atom stereocenters. The molecule has 16 heavy (non-hydrogen) atoms. The van der Waals surface area contributed by atoms with Crippen LogP contribution in [0.5, 0.6) is 0 Å². The number of carbonyl (C=O) groups is 1. The first-order chi connectivity index (χ1) is 7.75. The normalized spacial score (nSPS) is 32.5. The molecule has 92 valence electrons. The summed E-state index contributed by atoms with van der Waals surface area (Å²) < 4.78 is 5.69. The van der Waals surface area contributed by atoms with Crippen LogP contribution in [0, 0.1) is 5.92 Å². The van der Waals surface area contributed by atoms with Gasteiger partial charge in [0.1, 0.15) is 0 Å². The molecule has 2 aliphatic rings. The molecule has 4 heteroatoms. The van der Waals surface area contributed by atoms with Gasteiger partial charge in [-0.2, -0.15) is 0 Å². The second-order valence-corrected chi connectivity index (χ2v) is 4.93. The topological polar surface area (TPSA) is 49.8 Å². The molecule has 0 aromatic heterocycles. The van der Waals surface area contributed by atoms with Crippen LogP contribution in [-0.2, 0) is 9.53 Å². The van der Waals surface area contributed by atoms with Crippen molar-refractivity contribution >= 4 is 5.97 Å². The van der Waals surface area contributed by atoms with Crippen LogP contribution in [0.4, 0.5) is 0 Å². The Morgan fingerprint density at radius 2 is 2.19 bits per heavy atom. The molecule has 2 saturated heterocycles. The Morgan fingerprint density at radius 3 is 2.88 bits per heavy atom. The van der Waals surface area contributed by atoms with Gasteiger partial charge in [-0.3, -0.25) is 9.69 Å². The van der Waals surface area contributed by atoms with E-state index in [1.54, 1.807) is 0 Å². The van der Waals surface area contributed by atoms with Crippen molar-refractivity contribution in [2.45, 2.75) is 38.2 Å². The van der Waals surface area contributed by atoms with Crippen molar-refractivity contribution in [3.8, 4) is 0 Å². The lowest BCUT2D eigenvalue weighted by Gasteiger charge is -2.34. The molecule has 1 N–H and O–H groups in total. The predicted molar refractivity (Wildman–Crippen MR) is 60.4 cm³/mol. The summed E-state index contributed by atoms with van der Waals surface area (Å²) >= 11 is 0. The number of carboxylic acids is 1. The van der Waals surface area contributed by atoms with Gasteiger partial charge in [-0.05, 0) is 38.6 Å². The average Bonchev–Trinajstić information content (AvgIpc) is 2.30. The van der Waals surface area contributed by atoms with E-state index in [2.05, 4.69) is 4.90 Å². The van der Waals surface area contributed by atoms with Crippen molar-refractivity contribution in [3.05, 3.63) is 0 Å². The lowest BCUT2D eigenvalue weighted by atomic mass is 9.97. The molecule has 0 amide bonds. The van der Waals surface area contributed by atoms with Gasteiger partial charge in [0, 0.05) is 19.7 Å². The smallest absolute Gasteiger partial charge is 0.307 e. The van der Waals surface area contributed by atoms with Crippen molar-refractivity contribution < 1.29 is 14.6 Å². The monoisotopic (exact) mass is 227 g/mol. The van der Waals surface area contributed by atoms with E-state index in [0.29, 0.717) is 12.6 Å². The maximum Gasteiger partial charge on any atom is 0.307 e. The third-order valence-electron chi connectivity index (χ3n) is 3.59. The van der Waals surface area contributed by atoms with Crippen LogP contribution < -0.4 is 0 Å². The molecule has 0 radical (unpaired) electrons. The van der Waals surface area contributed by atoms with E-state index in [-0.39, 0.29) is 5.92 Å². The quantitative estimate of drug-likeness (QED) is 0.790. The fourth-order valence-electron chi connectivity index (χ4n) is 2.66. The first kappa shape index (κ1) is 11.9.